The lowest BCUT2D eigenvalue weighted by Crippen LogP contribution is -2.20. The van der Waals surface area contributed by atoms with Crippen molar-refractivity contribution >= 4 is 23.7 Å². The van der Waals surface area contributed by atoms with Gasteiger partial charge in [0.2, 0.25) is 5.91 Å². The van der Waals surface area contributed by atoms with E-state index in [1.54, 1.807) is 13.8 Å². The lowest BCUT2D eigenvalue weighted by molar-refractivity contribution is -0.145. The van der Waals surface area contributed by atoms with E-state index in [0.717, 1.165) is 0 Å². The van der Waals surface area contributed by atoms with Crippen LogP contribution in [-0.2, 0) is 19.1 Å². The van der Waals surface area contributed by atoms with Crippen LogP contribution in [0, 0.1) is 0 Å². The van der Waals surface area contributed by atoms with E-state index in [9.17, 15) is 14.4 Å². The summed E-state index contributed by atoms with van der Waals surface area (Å²) < 4.78 is 9.42. The summed E-state index contributed by atoms with van der Waals surface area (Å²) in [6.07, 6.45) is 0.799. The number of anilines is 1. The third kappa shape index (κ3) is 4.41. The monoisotopic (exact) mass is 269 g/mol. The summed E-state index contributed by atoms with van der Waals surface area (Å²) in [6.45, 7) is 3.71. The molecule has 8 nitrogen and oxygen atoms in total. The SMILES string of the molecule is CCOC(=O)CC(=O)Nc1[nH]ncc1C(=O)OCC. The van der Waals surface area contributed by atoms with Gasteiger partial charge >= 0.3 is 11.9 Å². The minimum atomic E-state index is -0.641. The van der Waals surface area contributed by atoms with Gasteiger partial charge in [-0.1, -0.05) is 0 Å². The highest BCUT2D eigenvalue weighted by Crippen LogP contribution is 2.12. The highest BCUT2D eigenvalue weighted by Gasteiger charge is 2.18. The predicted octanol–water partition coefficient (Wildman–Crippen LogP) is 0.478. The van der Waals surface area contributed by atoms with E-state index in [1.165, 1.54) is 6.20 Å². The highest BCUT2D eigenvalue weighted by atomic mass is 16.5. The van der Waals surface area contributed by atoms with E-state index >= 15 is 0 Å². The van der Waals surface area contributed by atoms with E-state index in [2.05, 4.69) is 20.3 Å². The normalized spacial score (nSPS) is 9.79. The average Bonchev–Trinajstić information content (AvgIpc) is 2.77. The van der Waals surface area contributed by atoms with E-state index in [-0.39, 0.29) is 24.6 Å². The molecule has 2 N–H and O–H groups in total. The number of nitrogens with one attached hydrogen (secondary N) is 2. The van der Waals surface area contributed by atoms with Crippen molar-refractivity contribution in [2.75, 3.05) is 18.5 Å². The van der Waals surface area contributed by atoms with Gasteiger partial charge in [-0.25, -0.2) is 4.79 Å². The van der Waals surface area contributed by atoms with Crippen LogP contribution < -0.4 is 5.32 Å². The molecule has 0 spiro atoms. The van der Waals surface area contributed by atoms with Crippen molar-refractivity contribution < 1.29 is 23.9 Å². The fourth-order valence-electron chi connectivity index (χ4n) is 1.27. The molecule has 1 amide bonds. The molecule has 8 heteroatoms. The van der Waals surface area contributed by atoms with Crippen LogP contribution in [-0.4, -0.2) is 41.3 Å². The molecule has 104 valence electrons. The molecule has 0 radical (unpaired) electrons. The second kappa shape index (κ2) is 7.14. The molecular weight excluding hydrogens is 254 g/mol. The van der Waals surface area contributed by atoms with Crippen molar-refractivity contribution in [2.24, 2.45) is 0 Å². The quantitative estimate of drug-likeness (QED) is 0.574. The zero-order valence-electron chi connectivity index (χ0n) is 10.7. The third-order valence-electron chi connectivity index (χ3n) is 2.01. The van der Waals surface area contributed by atoms with Gasteiger partial charge in [-0.05, 0) is 13.8 Å². The van der Waals surface area contributed by atoms with Crippen LogP contribution in [0.1, 0.15) is 30.6 Å². The first kappa shape index (κ1) is 14.7. The second-order valence-electron chi connectivity index (χ2n) is 3.41. The number of nitrogens with zero attached hydrogens (tertiary/aromatic N) is 1. The van der Waals surface area contributed by atoms with Gasteiger partial charge in [-0.15, -0.1) is 0 Å². The summed E-state index contributed by atoms with van der Waals surface area (Å²) in [6, 6.07) is 0. The van der Waals surface area contributed by atoms with E-state index < -0.39 is 24.3 Å². The molecular formula is C11H15N3O5. The molecule has 1 aromatic rings. The predicted molar refractivity (Wildman–Crippen MR) is 64.4 cm³/mol. The topological polar surface area (TPSA) is 110 Å². The Hall–Kier alpha value is -2.38. The van der Waals surface area contributed by atoms with Crippen LogP contribution in [0.2, 0.25) is 0 Å². The molecule has 0 unspecified atom stereocenters. The lowest BCUT2D eigenvalue weighted by atomic mass is 10.3. The standard InChI is InChI=1S/C11H15N3O5/c1-3-18-9(16)5-8(15)13-10-7(6-12-14-10)11(17)19-4-2/h6H,3-5H2,1-2H3,(H2,12,13,14,15). The average molecular weight is 269 g/mol. The first-order chi connectivity index (χ1) is 9.08. The number of hydrogen-bond donors (Lipinski definition) is 2. The fourth-order valence-corrected chi connectivity index (χ4v) is 1.27. The van der Waals surface area contributed by atoms with Gasteiger partial charge in [0.15, 0.2) is 0 Å². The molecule has 1 rings (SSSR count). The largest absolute Gasteiger partial charge is 0.466 e. The molecule has 0 bridgehead atoms. The number of aromatic amines is 1. The minimum Gasteiger partial charge on any atom is -0.466 e. The number of H-pyrrole nitrogens is 1. The van der Waals surface area contributed by atoms with Crippen molar-refractivity contribution in [1.29, 1.82) is 0 Å². The Balaban J connectivity index is 2.62. The summed E-state index contributed by atoms with van der Waals surface area (Å²) in [5.74, 6) is -1.76. The molecule has 0 aliphatic rings. The highest BCUT2D eigenvalue weighted by molar-refractivity contribution is 6.04. The molecule has 0 fully saturated rings. The number of carbonyl (C=O) groups excluding carboxylic acids is 3. The molecule has 0 atom stereocenters. The summed E-state index contributed by atoms with van der Waals surface area (Å²) in [7, 11) is 0. The van der Waals surface area contributed by atoms with Gasteiger partial charge in [0.05, 0.1) is 19.4 Å². The van der Waals surface area contributed by atoms with Gasteiger partial charge in [-0.2, -0.15) is 5.10 Å². The van der Waals surface area contributed by atoms with E-state index in [1.807, 2.05) is 0 Å². The Morgan fingerprint density at radius 3 is 2.58 bits per heavy atom. The summed E-state index contributed by atoms with van der Waals surface area (Å²) >= 11 is 0. The Kier molecular flexibility index (Phi) is 5.52. The van der Waals surface area contributed by atoms with Crippen LogP contribution in [0.25, 0.3) is 0 Å². The number of aromatic nitrogens is 2. The van der Waals surface area contributed by atoms with Gasteiger partial charge < -0.3 is 14.8 Å². The molecule has 1 heterocycles. The number of esters is 2. The van der Waals surface area contributed by atoms with Crippen LogP contribution >= 0.6 is 0 Å². The molecule has 0 aliphatic carbocycles. The zero-order valence-corrected chi connectivity index (χ0v) is 10.7. The van der Waals surface area contributed by atoms with E-state index in [0.29, 0.717) is 0 Å². The Morgan fingerprint density at radius 2 is 1.95 bits per heavy atom. The fraction of sp³-hybridized carbons (Fsp3) is 0.455. The van der Waals surface area contributed by atoms with Gasteiger partial charge in [0.1, 0.15) is 17.8 Å². The minimum absolute atomic E-state index is 0.0905. The van der Waals surface area contributed by atoms with Crippen molar-refractivity contribution in [1.82, 2.24) is 10.2 Å². The van der Waals surface area contributed by atoms with Gasteiger partial charge in [0.25, 0.3) is 0 Å². The molecule has 1 aromatic heterocycles. The number of rotatable bonds is 6. The Morgan fingerprint density at radius 1 is 1.26 bits per heavy atom. The molecule has 0 saturated heterocycles. The van der Waals surface area contributed by atoms with Crippen molar-refractivity contribution in [2.45, 2.75) is 20.3 Å². The Labute approximate surface area is 109 Å². The second-order valence-corrected chi connectivity index (χ2v) is 3.41. The maximum atomic E-state index is 11.5. The van der Waals surface area contributed by atoms with Crippen molar-refractivity contribution in [3.05, 3.63) is 11.8 Å². The number of ether oxygens (including phenoxy) is 2. The van der Waals surface area contributed by atoms with Crippen LogP contribution in [0.3, 0.4) is 0 Å². The zero-order chi connectivity index (χ0) is 14.3. The lowest BCUT2D eigenvalue weighted by Gasteiger charge is -2.05. The third-order valence-corrected chi connectivity index (χ3v) is 2.01. The van der Waals surface area contributed by atoms with Crippen LogP contribution in [0.5, 0.6) is 0 Å². The Bertz CT molecular complexity index is 469. The summed E-state index contributed by atoms with van der Waals surface area (Å²) in [5, 5.41) is 8.44. The first-order valence-corrected chi connectivity index (χ1v) is 5.74. The number of amides is 1. The smallest absolute Gasteiger partial charge is 0.343 e. The molecule has 19 heavy (non-hydrogen) atoms. The first-order valence-electron chi connectivity index (χ1n) is 5.74. The molecule has 0 saturated carbocycles. The maximum Gasteiger partial charge on any atom is 0.343 e. The maximum absolute atomic E-state index is 11.5. The number of hydrogen-bond acceptors (Lipinski definition) is 6. The van der Waals surface area contributed by atoms with Crippen LogP contribution in [0.15, 0.2) is 6.20 Å². The van der Waals surface area contributed by atoms with Crippen molar-refractivity contribution in [3.63, 3.8) is 0 Å². The summed E-state index contributed by atoms with van der Waals surface area (Å²) in [4.78, 5) is 34.1. The number of carbonyl (C=O) groups is 3. The molecule has 0 aromatic carbocycles. The van der Waals surface area contributed by atoms with Gasteiger partial charge in [-0.3, -0.25) is 14.7 Å². The van der Waals surface area contributed by atoms with Gasteiger partial charge in [0, 0.05) is 0 Å². The molecule has 0 aliphatic heterocycles. The summed E-state index contributed by atoms with van der Waals surface area (Å²) in [5.41, 5.74) is 0.0964. The van der Waals surface area contributed by atoms with E-state index in [4.69, 9.17) is 4.74 Å². The van der Waals surface area contributed by atoms with Crippen LogP contribution in [0.4, 0.5) is 5.82 Å². The van der Waals surface area contributed by atoms with Crippen molar-refractivity contribution in [3.8, 4) is 0 Å².